The molecule has 0 aliphatic heterocycles. The molecule has 29 heavy (non-hydrogen) atoms. The van der Waals surface area contributed by atoms with E-state index in [9.17, 15) is 4.79 Å². The number of aromatic nitrogens is 2. The van der Waals surface area contributed by atoms with E-state index in [2.05, 4.69) is 10.1 Å². The molecule has 1 heterocycles. The van der Waals surface area contributed by atoms with Gasteiger partial charge in [-0.15, -0.1) is 0 Å². The minimum Gasteiger partial charge on any atom is -0.483 e. The van der Waals surface area contributed by atoms with Crippen molar-refractivity contribution < 1.29 is 14.1 Å². The highest BCUT2D eigenvalue weighted by molar-refractivity contribution is 6.30. The van der Waals surface area contributed by atoms with Gasteiger partial charge >= 0.3 is 0 Å². The van der Waals surface area contributed by atoms with Gasteiger partial charge in [0.1, 0.15) is 12.3 Å². The molecule has 0 saturated carbocycles. The molecule has 0 radical (unpaired) electrons. The van der Waals surface area contributed by atoms with Crippen molar-refractivity contribution in [1.82, 2.24) is 15.0 Å². The Morgan fingerprint density at radius 2 is 2.00 bits per heavy atom. The number of ether oxygens (including phenoxy) is 1. The summed E-state index contributed by atoms with van der Waals surface area (Å²) in [6.45, 7) is 7.90. The fourth-order valence-electron chi connectivity index (χ4n) is 2.92. The highest BCUT2D eigenvalue weighted by Crippen LogP contribution is 2.22. The third-order valence-corrected chi connectivity index (χ3v) is 4.72. The van der Waals surface area contributed by atoms with Crippen LogP contribution in [-0.2, 0) is 11.3 Å². The smallest absolute Gasteiger partial charge is 0.261 e. The highest BCUT2D eigenvalue weighted by atomic mass is 35.5. The van der Waals surface area contributed by atoms with Gasteiger partial charge in [-0.2, -0.15) is 4.98 Å². The first kappa shape index (κ1) is 20.9. The third kappa shape index (κ3) is 5.35. The van der Waals surface area contributed by atoms with Crippen molar-refractivity contribution in [3.05, 3.63) is 64.5 Å². The van der Waals surface area contributed by atoms with Gasteiger partial charge in [0.25, 0.3) is 5.91 Å². The van der Waals surface area contributed by atoms with E-state index < -0.39 is 0 Å². The summed E-state index contributed by atoms with van der Waals surface area (Å²) in [5, 5.41) is 4.68. The van der Waals surface area contributed by atoms with Gasteiger partial charge in [0.15, 0.2) is 6.61 Å². The molecule has 0 atom stereocenters. The molecule has 1 amide bonds. The first-order valence-electron chi connectivity index (χ1n) is 9.41. The standard InChI is InChI=1S/C22H24ClN3O3/c1-14(2)26(21(27)13-28-19-9-8-18(23)11-16(19)4)12-20-24-22(25-29-20)17-7-5-6-15(3)10-17/h5-11,14H,12-13H2,1-4H3. The maximum atomic E-state index is 12.7. The fourth-order valence-corrected chi connectivity index (χ4v) is 3.15. The summed E-state index contributed by atoms with van der Waals surface area (Å²) in [6, 6.07) is 13.1. The molecule has 1 aromatic heterocycles. The Balaban J connectivity index is 1.67. The Kier molecular flexibility index (Phi) is 6.54. The van der Waals surface area contributed by atoms with E-state index in [0.717, 1.165) is 16.7 Å². The molecule has 0 N–H and O–H groups in total. The number of hydrogen-bond donors (Lipinski definition) is 0. The minimum absolute atomic E-state index is 0.0493. The SMILES string of the molecule is Cc1cccc(-c2noc(CN(C(=O)COc3ccc(Cl)cc3C)C(C)C)n2)c1. The summed E-state index contributed by atoms with van der Waals surface area (Å²) in [5.41, 5.74) is 2.87. The van der Waals surface area contributed by atoms with Crippen molar-refractivity contribution in [3.8, 4) is 17.1 Å². The van der Waals surface area contributed by atoms with Crippen LogP contribution in [0.1, 0.15) is 30.9 Å². The van der Waals surface area contributed by atoms with Crippen LogP contribution in [0.2, 0.25) is 5.02 Å². The number of benzene rings is 2. The van der Waals surface area contributed by atoms with Crippen LogP contribution in [0.3, 0.4) is 0 Å². The number of nitrogens with zero attached hydrogens (tertiary/aromatic N) is 3. The second-order valence-corrected chi connectivity index (χ2v) is 7.63. The Bertz CT molecular complexity index is 1000. The normalized spacial score (nSPS) is 11.0. The number of amides is 1. The summed E-state index contributed by atoms with van der Waals surface area (Å²) in [5.74, 6) is 1.36. The van der Waals surface area contributed by atoms with Crippen LogP contribution in [0.25, 0.3) is 11.4 Å². The molecule has 7 heteroatoms. The van der Waals surface area contributed by atoms with Gasteiger partial charge in [-0.3, -0.25) is 4.79 Å². The largest absolute Gasteiger partial charge is 0.483 e. The predicted octanol–water partition coefficient (Wildman–Crippen LogP) is 4.82. The summed E-state index contributed by atoms with van der Waals surface area (Å²) in [7, 11) is 0. The topological polar surface area (TPSA) is 68.5 Å². The Morgan fingerprint density at radius 1 is 1.21 bits per heavy atom. The first-order chi connectivity index (χ1) is 13.8. The number of halogens is 1. The Labute approximate surface area is 175 Å². The van der Waals surface area contributed by atoms with Gasteiger partial charge in [0, 0.05) is 16.6 Å². The van der Waals surface area contributed by atoms with Crippen LogP contribution in [0.15, 0.2) is 47.0 Å². The second kappa shape index (κ2) is 9.09. The second-order valence-electron chi connectivity index (χ2n) is 7.20. The first-order valence-corrected chi connectivity index (χ1v) is 9.79. The van der Waals surface area contributed by atoms with Gasteiger partial charge in [-0.25, -0.2) is 0 Å². The molecule has 3 rings (SSSR count). The zero-order valence-corrected chi connectivity index (χ0v) is 17.7. The molecule has 3 aromatic rings. The van der Waals surface area contributed by atoms with Crippen molar-refractivity contribution in [2.24, 2.45) is 0 Å². The quantitative estimate of drug-likeness (QED) is 0.555. The molecule has 152 valence electrons. The van der Waals surface area contributed by atoms with E-state index in [0.29, 0.717) is 22.5 Å². The van der Waals surface area contributed by atoms with E-state index in [4.69, 9.17) is 20.9 Å². The van der Waals surface area contributed by atoms with E-state index >= 15 is 0 Å². The van der Waals surface area contributed by atoms with Crippen molar-refractivity contribution in [2.75, 3.05) is 6.61 Å². The van der Waals surface area contributed by atoms with Crippen LogP contribution in [-0.4, -0.2) is 33.6 Å². The number of carbonyl (C=O) groups is 1. The van der Waals surface area contributed by atoms with Crippen molar-refractivity contribution in [3.63, 3.8) is 0 Å². The Morgan fingerprint density at radius 3 is 2.69 bits per heavy atom. The zero-order chi connectivity index (χ0) is 21.0. The van der Waals surface area contributed by atoms with Gasteiger partial charge in [-0.05, 0) is 57.5 Å². The zero-order valence-electron chi connectivity index (χ0n) is 17.0. The van der Waals surface area contributed by atoms with E-state index in [-0.39, 0.29) is 25.1 Å². The molecule has 2 aromatic carbocycles. The lowest BCUT2D eigenvalue weighted by Crippen LogP contribution is -2.39. The van der Waals surface area contributed by atoms with Crippen molar-refractivity contribution in [1.29, 1.82) is 0 Å². The maximum absolute atomic E-state index is 12.7. The van der Waals surface area contributed by atoms with Crippen LogP contribution in [0.4, 0.5) is 0 Å². The van der Waals surface area contributed by atoms with Crippen LogP contribution in [0, 0.1) is 13.8 Å². The molecular formula is C22H24ClN3O3. The van der Waals surface area contributed by atoms with Gasteiger partial charge < -0.3 is 14.2 Å². The predicted molar refractivity (Wildman–Crippen MR) is 112 cm³/mol. The summed E-state index contributed by atoms with van der Waals surface area (Å²) in [6.07, 6.45) is 0. The van der Waals surface area contributed by atoms with E-state index in [1.165, 1.54) is 0 Å². The fraction of sp³-hybridized carbons (Fsp3) is 0.318. The van der Waals surface area contributed by atoms with Gasteiger partial charge in [0.2, 0.25) is 11.7 Å². The van der Waals surface area contributed by atoms with Gasteiger partial charge in [-0.1, -0.05) is 40.5 Å². The highest BCUT2D eigenvalue weighted by Gasteiger charge is 2.21. The summed E-state index contributed by atoms with van der Waals surface area (Å²) in [4.78, 5) is 18.8. The molecule has 6 nitrogen and oxygen atoms in total. The molecule has 0 unspecified atom stereocenters. The lowest BCUT2D eigenvalue weighted by atomic mass is 10.1. The third-order valence-electron chi connectivity index (χ3n) is 4.48. The lowest BCUT2D eigenvalue weighted by Gasteiger charge is -2.25. The molecule has 0 aliphatic rings. The number of rotatable bonds is 7. The monoisotopic (exact) mass is 413 g/mol. The molecule has 0 aliphatic carbocycles. The van der Waals surface area contributed by atoms with Crippen molar-refractivity contribution in [2.45, 2.75) is 40.3 Å². The Hall–Kier alpha value is -2.86. The summed E-state index contributed by atoms with van der Waals surface area (Å²) < 4.78 is 11.1. The number of aryl methyl sites for hydroxylation is 2. The van der Waals surface area contributed by atoms with Crippen molar-refractivity contribution >= 4 is 17.5 Å². The molecule has 0 spiro atoms. The molecule has 0 fully saturated rings. The molecule has 0 saturated heterocycles. The minimum atomic E-state index is -0.162. The number of hydrogen-bond acceptors (Lipinski definition) is 5. The lowest BCUT2D eigenvalue weighted by molar-refractivity contribution is -0.136. The average Bonchev–Trinajstić information content (AvgIpc) is 3.14. The van der Waals surface area contributed by atoms with Crippen LogP contribution < -0.4 is 4.74 Å². The van der Waals surface area contributed by atoms with Crippen LogP contribution in [0.5, 0.6) is 5.75 Å². The van der Waals surface area contributed by atoms with E-state index in [1.54, 1.807) is 23.1 Å². The molecule has 0 bridgehead atoms. The summed E-state index contributed by atoms with van der Waals surface area (Å²) >= 11 is 5.96. The van der Waals surface area contributed by atoms with Gasteiger partial charge in [0.05, 0.1) is 0 Å². The molecular weight excluding hydrogens is 390 g/mol. The maximum Gasteiger partial charge on any atom is 0.261 e. The average molecular weight is 414 g/mol. The van der Waals surface area contributed by atoms with E-state index in [1.807, 2.05) is 52.0 Å². The number of carbonyl (C=O) groups excluding carboxylic acids is 1. The van der Waals surface area contributed by atoms with Crippen LogP contribution >= 0.6 is 11.6 Å².